The van der Waals surface area contributed by atoms with Crippen molar-refractivity contribution in [2.24, 2.45) is 0 Å². The molecule has 3 heteroatoms. The van der Waals surface area contributed by atoms with E-state index in [-0.39, 0.29) is 5.78 Å². The molecule has 0 spiro atoms. The van der Waals surface area contributed by atoms with Crippen molar-refractivity contribution in [1.29, 1.82) is 0 Å². The second kappa shape index (κ2) is 6.05. The number of carbonyl (C=O) groups is 1. The summed E-state index contributed by atoms with van der Waals surface area (Å²) in [5.41, 5.74) is 2.68. The van der Waals surface area contributed by atoms with E-state index in [0.717, 1.165) is 11.1 Å². The molecule has 0 aliphatic carbocycles. The first-order valence-corrected chi connectivity index (χ1v) is 6.56. The molecule has 0 radical (unpaired) electrons. The lowest BCUT2D eigenvalue weighted by atomic mass is 10.1. The molecule has 0 aliphatic heterocycles. The summed E-state index contributed by atoms with van der Waals surface area (Å²) in [6.07, 6.45) is 3.35. The van der Waals surface area contributed by atoms with Gasteiger partial charge in [-0.3, -0.25) is 4.79 Å². The molecule has 2 aromatic rings. The molecule has 0 aliphatic rings. The number of ketones is 1. The lowest BCUT2D eigenvalue weighted by molar-refractivity contribution is 0.104. The highest BCUT2D eigenvalue weighted by molar-refractivity contribution is 6.42. The first kappa shape index (κ1) is 13.9. The van der Waals surface area contributed by atoms with Crippen molar-refractivity contribution in [3.8, 4) is 0 Å². The van der Waals surface area contributed by atoms with Gasteiger partial charge >= 0.3 is 0 Å². The van der Waals surface area contributed by atoms with Crippen LogP contribution in [-0.2, 0) is 0 Å². The number of halogens is 2. The Hall–Kier alpha value is -1.57. The fraction of sp³-hybridized carbons (Fsp3) is 0.0625. The zero-order valence-corrected chi connectivity index (χ0v) is 11.9. The van der Waals surface area contributed by atoms with Crippen molar-refractivity contribution in [2.45, 2.75) is 6.92 Å². The molecule has 96 valence electrons. The molecule has 0 bridgehead atoms. The van der Waals surface area contributed by atoms with Crippen LogP contribution in [0.2, 0.25) is 10.0 Å². The third-order valence-corrected chi connectivity index (χ3v) is 3.55. The average molecular weight is 291 g/mol. The topological polar surface area (TPSA) is 17.1 Å². The van der Waals surface area contributed by atoms with Gasteiger partial charge in [0.2, 0.25) is 0 Å². The third kappa shape index (κ3) is 3.46. The second-order valence-corrected chi connectivity index (χ2v) is 5.00. The van der Waals surface area contributed by atoms with Gasteiger partial charge in [0.15, 0.2) is 5.78 Å². The molecule has 0 aromatic heterocycles. The van der Waals surface area contributed by atoms with Crippen LogP contribution in [0, 0.1) is 6.92 Å². The first-order chi connectivity index (χ1) is 9.08. The normalized spacial score (nSPS) is 10.9. The van der Waals surface area contributed by atoms with Crippen LogP contribution in [0.25, 0.3) is 6.08 Å². The van der Waals surface area contributed by atoms with E-state index < -0.39 is 0 Å². The Morgan fingerprint density at radius 2 is 1.79 bits per heavy atom. The maximum Gasteiger partial charge on any atom is 0.185 e. The number of carbonyl (C=O) groups excluding carboxylic acids is 1. The smallest absolute Gasteiger partial charge is 0.185 e. The van der Waals surface area contributed by atoms with Gasteiger partial charge in [-0.25, -0.2) is 0 Å². The van der Waals surface area contributed by atoms with Crippen LogP contribution in [0.15, 0.2) is 48.5 Å². The van der Waals surface area contributed by atoms with Crippen molar-refractivity contribution >= 4 is 35.1 Å². The molecule has 0 unspecified atom stereocenters. The number of rotatable bonds is 3. The Labute approximate surface area is 122 Å². The highest BCUT2D eigenvalue weighted by Crippen LogP contribution is 2.23. The van der Waals surface area contributed by atoms with Crippen molar-refractivity contribution < 1.29 is 4.79 Å². The Morgan fingerprint density at radius 1 is 1.05 bits per heavy atom. The second-order valence-electron chi connectivity index (χ2n) is 4.18. The van der Waals surface area contributed by atoms with Crippen molar-refractivity contribution in [1.82, 2.24) is 0 Å². The Balaban J connectivity index is 2.21. The molecule has 2 rings (SSSR count). The van der Waals surface area contributed by atoms with Crippen LogP contribution in [-0.4, -0.2) is 5.78 Å². The molecule has 2 aromatic carbocycles. The van der Waals surface area contributed by atoms with Crippen molar-refractivity contribution in [3.63, 3.8) is 0 Å². The molecule has 1 nitrogen and oxygen atoms in total. The Kier molecular flexibility index (Phi) is 4.41. The van der Waals surface area contributed by atoms with E-state index in [1.165, 1.54) is 0 Å². The summed E-state index contributed by atoms with van der Waals surface area (Å²) >= 11 is 11.7. The fourth-order valence-corrected chi connectivity index (χ4v) is 1.98. The summed E-state index contributed by atoms with van der Waals surface area (Å²) in [5, 5.41) is 0.831. The highest BCUT2D eigenvalue weighted by atomic mass is 35.5. The van der Waals surface area contributed by atoms with Gasteiger partial charge in [0, 0.05) is 5.56 Å². The lowest BCUT2D eigenvalue weighted by Crippen LogP contribution is -1.94. The maximum absolute atomic E-state index is 12.0. The molecular weight excluding hydrogens is 279 g/mol. The summed E-state index contributed by atoms with van der Waals surface area (Å²) in [6, 6.07) is 12.7. The number of hydrogen-bond acceptors (Lipinski definition) is 1. The molecule has 0 saturated heterocycles. The van der Waals surface area contributed by atoms with Gasteiger partial charge in [-0.1, -0.05) is 53.5 Å². The minimum Gasteiger partial charge on any atom is -0.289 e. The fourth-order valence-electron chi connectivity index (χ4n) is 1.68. The minimum absolute atomic E-state index is 0.0955. The van der Waals surface area contributed by atoms with E-state index >= 15 is 0 Å². The predicted molar refractivity (Wildman–Crippen MR) is 81.0 cm³/mol. The van der Waals surface area contributed by atoms with Crippen molar-refractivity contribution in [3.05, 3.63) is 75.3 Å². The minimum atomic E-state index is -0.0955. The third-order valence-electron chi connectivity index (χ3n) is 2.81. The van der Waals surface area contributed by atoms with E-state index in [9.17, 15) is 4.79 Å². The number of benzene rings is 2. The largest absolute Gasteiger partial charge is 0.289 e. The van der Waals surface area contributed by atoms with Crippen LogP contribution in [0.5, 0.6) is 0 Å². The predicted octanol–water partition coefficient (Wildman–Crippen LogP) is 5.20. The molecule has 0 fully saturated rings. The Morgan fingerprint density at radius 3 is 2.47 bits per heavy atom. The summed E-state index contributed by atoms with van der Waals surface area (Å²) in [4.78, 5) is 12.0. The van der Waals surface area contributed by atoms with Crippen LogP contribution < -0.4 is 0 Å². The highest BCUT2D eigenvalue weighted by Gasteiger charge is 2.05. The van der Waals surface area contributed by atoms with E-state index in [4.69, 9.17) is 23.2 Å². The van der Waals surface area contributed by atoms with E-state index in [1.807, 2.05) is 31.2 Å². The molecular formula is C16H12Cl2O. The van der Waals surface area contributed by atoms with Gasteiger partial charge in [0.05, 0.1) is 10.0 Å². The van der Waals surface area contributed by atoms with Crippen LogP contribution in [0.1, 0.15) is 21.5 Å². The van der Waals surface area contributed by atoms with Gasteiger partial charge in [-0.05, 0) is 42.3 Å². The Bertz CT molecular complexity index is 645. The standard InChI is InChI=1S/C16H12Cl2O/c1-11-4-2-3-5-12(11)7-9-16(19)13-6-8-14(17)15(18)10-13/h2-10H,1H3/b9-7+. The van der Waals surface area contributed by atoms with Gasteiger partial charge in [-0.15, -0.1) is 0 Å². The van der Waals surface area contributed by atoms with Gasteiger partial charge in [0.25, 0.3) is 0 Å². The molecule has 0 heterocycles. The summed E-state index contributed by atoms with van der Waals surface area (Å²) in [6.45, 7) is 2.00. The van der Waals surface area contributed by atoms with Gasteiger partial charge in [0.1, 0.15) is 0 Å². The lowest BCUT2D eigenvalue weighted by Gasteiger charge is -2.00. The SMILES string of the molecule is Cc1ccccc1/C=C/C(=O)c1ccc(Cl)c(Cl)c1. The van der Waals surface area contributed by atoms with E-state index in [1.54, 1.807) is 30.4 Å². The van der Waals surface area contributed by atoms with E-state index in [2.05, 4.69) is 0 Å². The van der Waals surface area contributed by atoms with E-state index in [0.29, 0.717) is 15.6 Å². The molecule has 0 atom stereocenters. The van der Waals surface area contributed by atoms with Crippen LogP contribution >= 0.6 is 23.2 Å². The molecule has 0 amide bonds. The average Bonchev–Trinajstić information content (AvgIpc) is 2.40. The first-order valence-electron chi connectivity index (χ1n) is 5.81. The number of hydrogen-bond donors (Lipinski definition) is 0. The van der Waals surface area contributed by atoms with Gasteiger partial charge < -0.3 is 0 Å². The molecule has 0 saturated carbocycles. The quantitative estimate of drug-likeness (QED) is 0.561. The van der Waals surface area contributed by atoms with Crippen LogP contribution in [0.3, 0.4) is 0 Å². The van der Waals surface area contributed by atoms with Gasteiger partial charge in [-0.2, -0.15) is 0 Å². The monoisotopic (exact) mass is 290 g/mol. The van der Waals surface area contributed by atoms with Crippen molar-refractivity contribution in [2.75, 3.05) is 0 Å². The van der Waals surface area contributed by atoms with Crippen LogP contribution in [0.4, 0.5) is 0 Å². The summed E-state index contributed by atoms with van der Waals surface area (Å²) < 4.78 is 0. The maximum atomic E-state index is 12.0. The summed E-state index contributed by atoms with van der Waals surface area (Å²) in [5.74, 6) is -0.0955. The zero-order chi connectivity index (χ0) is 13.8. The zero-order valence-electron chi connectivity index (χ0n) is 10.4. The molecule has 19 heavy (non-hydrogen) atoms. The molecule has 0 N–H and O–H groups in total. The number of allylic oxidation sites excluding steroid dienone is 1. The summed E-state index contributed by atoms with van der Waals surface area (Å²) in [7, 11) is 0. The number of aryl methyl sites for hydroxylation is 1.